The molecule has 0 radical (unpaired) electrons. The number of carbonyl (C=O) groups is 1. The van der Waals surface area contributed by atoms with Crippen molar-refractivity contribution in [2.24, 2.45) is 5.92 Å². The third kappa shape index (κ3) is 6.14. The lowest BCUT2D eigenvalue weighted by Gasteiger charge is -2.26. The van der Waals surface area contributed by atoms with Crippen LogP contribution in [0.3, 0.4) is 0 Å². The SMILES string of the molecule is C#CC1(O)[C@@H](O)[C@@H](CO[P@@](=O)(C[C@@H](C)C(=O)OC(C)C)Oc2ccccc2)O[C@H]1n1cc(F)c2c(=O)[nH]c(N)nc21. The minimum Gasteiger partial charge on any atom is -0.463 e. The molecule has 1 saturated heterocycles. The van der Waals surface area contributed by atoms with Gasteiger partial charge in [0.1, 0.15) is 23.3 Å². The lowest BCUT2D eigenvalue weighted by atomic mass is 9.95. The van der Waals surface area contributed by atoms with Crippen LogP contribution in [0.4, 0.5) is 10.3 Å². The molecule has 1 aliphatic rings. The fraction of sp³-hybridized carbons (Fsp3) is 0.423. The highest BCUT2D eigenvalue weighted by Gasteiger charge is 2.56. The summed E-state index contributed by atoms with van der Waals surface area (Å²) in [4.78, 5) is 30.8. The molecule has 4 rings (SSSR count). The van der Waals surface area contributed by atoms with Gasteiger partial charge in [0.25, 0.3) is 5.56 Å². The summed E-state index contributed by atoms with van der Waals surface area (Å²) in [6.07, 6.45) is 0.646. The van der Waals surface area contributed by atoms with Crippen LogP contribution in [0.2, 0.25) is 0 Å². The predicted molar refractivity (Wildman–Crippen MR) is 144 cm³/mol. The second-order valence-corrected chi connectivity index (χ2v) is 11.9. The van der Waals surface area contributed by atoms with E-state index >= 15 is 0 Å². The van der Waals surface area contributed by atoms with Gasteiger partial charge in [-0.05, 0) is 26.0 Å². The van der Waals surface area contributed by atoms with Crippen LogP contribution in [0.25, 0.3) is 11.0 Å². The van der Waals surface area contributed by atoms with E-state index in [-0.39, 0.29) is 17.3 Å². The van der Waals surface area contributed by atoms with Crippen molar-refractivity contribution in [1.82, 2.24) is 14.5 Å². The van der Waals surface area contributed by atoms with E-state index in [0.717, 1.165) is 10.8 Å². The molecule has 1 unspecified atom stereocenters. The van der Waals surface area contributed by atoms with Gasteiger partial charge in [-0.2, -0.15) is 4.98 Å². The fourth-order valence-corrected chi connectivity index (χ4v) is 6.22. The molecule has 0 bridgehead atoms. The zero-order valence-corrected chi connectivity index (χ0v) is 23.3. The predicted octanol–water partition coefficient (Wildman–Crippen LogP) is 1.94. The van der Waals surface area contributed by atoms with Crippen LogP contribution < -0.4 is 15.8 Å². The molecule has 0 spiro atoms. The minimum absolute atomic E-state index is 0.189. The molecule has 41 heavy (non-hydrogen) atoms. The zero-order valence-electron chi connectivity index (χ0n) is 22.4. The first-order valence-electron chi connectivity index (χ1n) is 12.6. The van der Waals surface area contributed by atoms with Crippen molar-refractivity contribution in [3.05, 3.63) is 52.7 Å². The van der Waals surface area contributed by atoms with Gasteiger partial charge in [0.05, 0.1) is 24.8 Å². The van der Waals surface area contributed by atoms with Crippen LogP contribution in [-0.4, -0.2) is 67.4 Å². The molecule has 3 aromatic rings. The van der Waals surface area contributed by atoms with Crippen molar-refractivity contribution in [3.8, 4) is 18.1 Å². The second kappa shape index (κ2) is 11.6. The van der Waals surface area contributed by atoms with Crippen LogP contribution in [0.5, 0.6) is 5.75 Å². The van der Waals surface area contributed by atoms with E-state index in [4.69, 9.17) is 30.7 Å². The highest BCUT2D eigenvalue weighted by atomic mass is 31.2. The number of benzene rings is 1. The normalized spacial score (nSPS) is 24.6. The molecule has 0 aliphatic carbocycles. The number of para-hydroxylation sites is 1. The standard InChI is InChI=1S/C26H30FN4O9P/c1-5-26(35)20(32)18(39-24(26)31-11-17(27)19-21(31)29-25(28)30-22(19)33)12-37-41(36,40-16-9-7-6-8-10-16)13-15(4)23(34)38-14(2)3/h1,6-11,14-15,18,20,24,32,35H,12-13H2,2-4H3,(H3,28,29,30,33)/t15-,18-,20+,24-,26?,41+/m1/s1. The van der Waals surface area contributed by atoms with Gasteiger partial charge in [-0.1, -0.05) is 31.0 Å². The maximum Gasteiger partial charge on any atom is 0.380 e. The summed E-state index contributed by atoms with van der Waals surface area (Å²) in [5.41, 5.74) is 1.96. The maximum atomic E-state index is 14.7. The summed E-state index contributed by atoms with van der Waals surface area (Å²) in [5.74, 6) is -0.631. The Morgan fingerprint density at radius 3 is 2.68 bits per heavy atom. The monoisotopic (exact) mass is 592 g/mol. The van der Waals surface area contributed by atoms with Crippen molar-refractivity contribution in [2.45, 2.75) is 50.9 Å². The number of fused-ring (bicyclic) bond motifs is 1. The Kier molecular flexibility index (Phi) is 8.58. The third-order valence-corrected chi connectivity index (χ3v) is 8.32. The van der Waals surface area contributed by atoms with Crippen molar-refractivity contribution in [3.63, 3.8) is 0 Å². The number of terminal acetylenes is 1. The smallest absolute Gasteiger partial charge is 0.380 e. The Morgan fingerprint density at radius 2 is 2.05 bits per heavy atom. The molecule has 5 N–H and O–H groups in total. The number of hydrogen-bond donors (Lipinski definition) is 4. The first kappa shape index (κ1) is 30.2. The lowest BCUT2D eigenvalue weighted by Crippen LogP contribution is -2.46. The van der Waals surface area contributed by atoms with Crippen LogP contribution >= 0.6 is 7.60 Å². The number of ether oxygens (including phenoxy) is 2. The van der Waals surface area contributed by atoms with Gasteiger partial charge in [-0.3, -0.25) is 23.7 Å². The number of aromatic amines is 1. The van der Waals surface area contributed by atoms with Gasteiger partial charge in [-0.25, -0.2) is 8.96 Å². The third-order valence-electron chi connectivity index (χ3n) is 6.30. The number of hydrogen-bond acceptors (Lipinski definition) is 11. The van der Waals surface area contributed by atoms with Gasteiger partial charge >= 0.3 is 13.6 Å². The molecule has 13 nitrogen and oxygen atoms in total. The number of halogens is 1. The van der Waals surface area contributed by atoms with Crippen LogP contribution in [-0.2, 0) is 23.4 Å². The summed E-state index contributed by atoms with van der Waals surface area (Å²) in [5, 5.41) is 21.7. The summed E-state index contributed by atoms with van der Waals surface area (Å²) in [6.45, 7) is 4.20. The van der Waals surface area contributed by atoms with Crippen molar-refractivity contribution < 1.29 is 42.5 Å². The van der Waals surface area contributed by atoms with Gasteiger partial charge < -0.3 is 29.9 Å². The molecule has 6 atom stereocenters. The summed E-state index contributed by atoms with van der Waals surface area (Å²) in [6, 6.07) is 8.07. The highest BCUT2D eigenvalue weighted by Crippen LogP contribution is 2.51. The van der Waals surface area contributed by atoms with Crippen molar-refractivity contribution in [2.75, 3.05) is 18.5 Å². The van der Waals surface area contributed by atoms with E-state index in [2.05, 4.69) is 9.97 Å². The number of nitrogens with two attached hydrogens (primary N) is 1. The lowest BCUT2D eigenvalue weighted by molar-refractivity contribution is -0.151. The van der Waals surface area contributed by atoms with Crippen molar-refractivity contribution in [1.29, 1.82) is 0 Å². The Bertz CT molecular complexity index is 1570. The number of H-pyrrole nitrogens is 1. The molecule has 15 heteroatoms. The molecule has 1 fully saturated rings. The number of nitrogens with one attached hydrogen (secondary N) is 1. The van der Waals surface area contributed by atoms with Gasteiger partial charge in [0.2, 0.25) is 5.95 Å². The summed E-state index contributed by atoms with van der Waals surface area (Å²) in [7, 11) is -4.13. The minimum atomic E-state index is -4.13. The summed E-state index contributed by atoms with van der Waals surface area (Å²) >= 11 is 0. The van der Waals surface area contributed by atoms with Gasteiger partial charge in [-0.15, -0.1) is 6.42 Å². The van der Waals surface area contributed by atoms with Gasteiger partial charge in [0, 0.05) is 6.20 Å². The molecule has 1 aromatic carbocycles. The second-order valence-electron chi connectivity index (χ2n) is 9.86. The quantitative estimate of drug-likeness (QED) is 0.153. The van der Waals surface area contributed by atoms with Crippen LogP contribution in [0.1, 0.15) is 27.0 Å². The molecule has 3 heterocycles. The average molecular weight is 593 g/mol. The number of aromatic nitrogens is 3. The average Bonchev–Trinajstić information content (AvgIpc) is 3.36. The molecule has 0 amide bonds. The number of rotatable bonds is 10. The summed E-state index contributed by atoms with van der Waals surface area (Å²) < 4.78 is 51.8. The van der Waals surface area contributed by atoms with E-state index in [1.165, 1.54) is 19.1 Å². The zero-order chi connectivity index (χ0) is 30.1. The number of esters is 1. The van der Waals surface area contributed by atoms with Crippen molar-refractivity contribution >= 4 is 30.5 Å². The fourth-order valence-electron chi connectivity index (χ4n) is 4.35. The number of aliphatic hydroxyl groups excluding tert-OH is 1. The van der Waals surface area contributed by atoms with Crippen LogP contribution in [0.15, 0.2) is 41.3 Å². The molecule has 1 aliphatic heterocycles. The van der Waals surface area contributed by atoms with Gasteiger partial charge in [0.15, 0.2) is 23.3 Å². The Balaban J connectivity index is 1.62. The number of aliphatic hydroxyl groups is 2. The largest absolute Gasteiger partial charge is 0.463 e. The Hall–Kier alpha value is -3.73. The van der Waals surface area contributed by atoms with E-state index in [9.17, 15) is 28.8 Å². The van der Waals surface area contributed by atoms with Crippen LogP contribution in [0, 0.1) is 24.1 Å². The Labute approximate surface area is 233 Å². The Morgan fingerprint density at radius 1 is 1.37 bits per heavy atom. The molecule has 220 valence electrons. The topological polar surface area (TPSA) is 188 Å². The molecule has 2 aromatic heterocycles. The highest BCUT2D eigenvalue weighted by molar-refractivity contribution is 7.54. The molecular formula is C26H30FN4O9P. The molecule has 0 saturated carbocycles. The first-order valence-corrected chi connectivity index (χ1v) is 14.3. The van der Waals surface area contributed by atoms with E-state index in [1.807, 2.05) is 5.92 Å². The number of nitrogen functional groups attached to an aromatic ring is 1. The number of carbonyl (C=O) groups excluding carboxylic acids is 1. The number of anilines is 1. The van der Waals surface area contributed by atoms with E-state index < -0.39 is 79.2 Å². The maximum absolute atomic E-state index is 14.7. The van der Waals surface area contributed by atoms with E-state index in [1.54, 1.807) is 32.0 Å². The number of nitrogens with zero attached hydrogens (tertiary/aromatic N) is 2. The first-order chi connectivity index (χ1) is 19.3. The molecular weight excluding hydrogens is 562 g/mol. The van der Waals surface area contributed by atoms with E-state index in [0.29, 0.717) is 0 Å².